The first-order valence-electron chi connectivity index (χ1n) is 6.50. The lowest BCUT2D eigenvalue weighted by Crippen LogP contribution is -2.48. The molecule has 1 aromatic carbocycles. The largest absolute Gasteiger partial charge is 0.392 e. The van der Waals surface area contributed by atoms with Crippen LogP contribution in [0.4, 0.5) is 0 Å². The van der Waals surface area contributed by atoms with Gasteiger partial charge in [0.05, 0.1) is 23.8 Å². The molecule has 0 spiro atoms. The third-order valence-corrected chi connectivity index (χ3v) is 5.92. The van der Waals surface area contributed by atoms with Gasteiger partial charge in [-0.1, -0.05) is 23.2 Å². The second-order valence-corrected chi connectivity index (χ2v) is 7.83. The molecule has 2 unspecified atom stereocenters. The SMILES string of the molecule is CC1CN(S(=O)(=O)c2cc(CO)c(Cl)cc2Cl)CC(C)O1. The lowest BCUT2D eigenvalue weighted by atomic mass is 10.2. The third kappa shape index (κ3) is 3.52. The van der Waals surface area contributed by atoms with E-state index < -0.39 is 10.0 Å². The number of aliphatic hydroxyl groups excluding tert-OH is 1. The van der Waals surface area contributed by atoms with Crippen LogP contribution in [-0.4, -0.2) is 43.1 Å². The van der Waals surface area contributed by atoms with Crippen molar-refractivity contribution in [3.8, 4) is 0 Å². The highest BCUT2D eigenvalue weighted by molar-refractivity contribution is 7.89. The van der Waals surface area contributed by atoms with Crippen molar-refractivity contribution in [1.82, 2.24) is 4.31 Å². The Bertz CT molecular complexity index is 625. The molecule has 0 amide bonds. The van der Waals surface area contributed by atoms with Crippen LogP contribution in [0.25, 0.3) is 0 Å². The summed E-state index contributed by atoms with van der Waals surface area (Å²) in [6.07, 6.45) is -0.376. The number of aliphatic hydroxyl groups is 1. The molecule has 118 valence electrons. The number of ether oxygens (including phenoxy) is 1. The molecule has 2 rings (SSSR count). The number of nitrogens with zero attached hydrogens (tertiary/aromatic N) is 1. The highest BCUT2D eigenvalue weighted by Crippen LogP contribution is 2.31. The van der Waals surface area contributed by atoms with Gasteiger partial charge in [-0.3, -0.25) is 0 Å². The van der Waals surface area contributed by atoms with Crippen LogP contribution in [0, 0.1) is 0 Å². The van der Waals surface area contributed by atoms with Crippen molar-refractivity contribution in [2.45, 2.75) is 37.6 Å². The van der Waals surface area contributed by atoms with Crippen molar-refractivity contribution in [2.24, 2.45) is 0 Å². The van der Waals surface area contributed by atoms with Gasteiger partial charge in [0.1, 0.15) is 4.90 Å². The fraction of sp³-hybridized carbons (Fsp3) is 0.538. The molecule has 1 saturated heterocycles. The van der Waals surface area contributed by atoms with Gasteiger partial charge in [-0.05, 0) is 31.5 Å². The second-order valence-electron chi connectivity index (χ2n) is 5.11. The molecule has 21 heavy (non-hydrogen) atoms. The molecular weight excluding hydrogens is 337 g/mol. The van der Waals surface area contributed by atoms with Crippen LogP contribution in [-0.2, 0) is 21.4 Å². The Hall–Kier alpha value is -0.370. The van der Waals surface area contributed by atoms with Gasteiger partial charge in [-0.15, -0.1) is 0 Å². The van der Waals surface area contributed by atoms with Gasteiger partial charge in [0.25, 0.3) is 0 Å². The van der Waals surface area contributed by atoms with Gasteiger partial charge < -0.3 is 9.84 Å². The summed E-state index contributed by atoms with van der Waals surface area (Å²) in [5.74, 6) is 0. The van der Waals surface area contributed by atoms with E-state index >= 15 is 0 Å². The van der Waals surface area contributed by atoms with Crippen LogP contribution < -0.4 is 0 Å². The van der Waals surface area contributed by atoms with Crippen LogP contribution >= 0.6 is 23.2 Å². The molecule has 0 aromatic heterocycles. The Morgan fingerprint density at radius 1 is 1.24 bits per heavy atom. The quantitative estimate of drug-likeness (QED) is 0.905. The number of halogens is 2. The molecule has 2 atom stereocenters. The molecule has 0 radical (unpaired) electrons. The van der Waals surface area contributed by atoms with E-state index in [4.69, 9.17) is 27.9 Å². The van der Waals surface area contributed by atoms with E-state index in [1.54, 1.807) is 0 Å². The first kappa shape index (κ1) is 17.0. The summed E-state index contributed by atoms with van der Waals surface area (Å²) >= 11 is 11.9. The minimum Gasteiger partial charge on any atom is -0.392 e. The van der Waals surface area contributed by atoms with Crippen LogP contribution in [0.3, 0.4) is 0 Å². The van der Waals surface area contributed by atoms with Crippen molar-refractivity contribution >= 4 is 33.2 Å². The topological polar surface area (TPSA) is 66.8 Å². The maximum atomic E-state index is 12.7. The standard InChI is InChI=1S/C13H17Cl2NO4S/c1-8-5-16(6-9(2)20-8)21(18,19)13-3-10(7-17)11(14)4-12(13)15/h3-4,8-9,17H,5-7H2,1-2H3. The minimum absolute atomic E-state index is 0.0427. The maximum absolute atomic E-state index is 12.7. The number of rotatable bonds is 3. The fourth-order valence-electron chi connectivity index (χ4n) is 2.36. The monoisotopic (exact) mass is 353 g/mol. The van der Waals surface area contributed by atoms with Crippen LogP contribution in [0.5, 0.6) is 0 Å². The molecule has 1 aliphatic heterocycles. The van der Waals surface area contributed by atoms with Crippen molar-refractivity contribution in [1.29, 1.82) is 0 Å². The second kappa shape index (κ2) is 6.40. The summed E-state index contributed by atoms with van der Waals surface area (Å²) in [6, 6.07) is 2.67. The number of benzene rings is 1. The Balaban J connectivity index is 2.44. The summed E-state index contributed by atoms with van der Waals surface area (Å²) in [7, 11) is -3.76. The fourth-order valence-corrected chi connectivity index (χ4v) is 4.78. The molecule has 1 N–H and O–H groups in total. The van der Waals surface area contributed by atoms with E-state index in [1.165, 1.54) is 16.4 Å². The predicted molar refractivity (Wildman–Crippen MR) is 81.2 cm³/mol. The van der Waals surface area contributed by atoms with Crippen molar-refractivity contribution in [3.05, 3.63) is 27.7 Å². The van der Waals surface area contributed by atoms with Crippen LogP contribution in [0.2, 0.25) is 10.0 Å². The zero-order valence-electron chi connectivity index (χ0n) is 11.7. The van der Waals surface area contributed by atoms with Gasteiger partial charge in [0.15, 0.2) is 0 Å². The van der Waals surface area contributed by atoms with Gasteiger partial charge in [0.2, 0.25) is 10.0 Å². The van der Waals surface area contributed by atoms with E-state index in [9.17, 15) is 13.5 Å². The molecule has 0 aliphatic carbocycles. The van der Waals surface area contributed by atoms with Gasteiger partial charge >= 0.3 is 0 Å². The molecule has 8 heteroatoms. The molecule has 1 aliphatic rings. The number of morpholine rings is 1. The summed E-state index contributed by atoms with van der Waals surface area (Å²) in [5.41, 5.74) is 0.328. The van der Waals surface area contributed by atoms with E-state index in [1.807, 2.05) is 13.8 Å². The van der Waals surface area contributed by atoms with Crippen molar-refractivity contribution in [2.75, 3.05) is 13.1 Å². The van der Waals surface area contributed by atoms with E-state index in [2.05, 4.69) is 0 Å². The lowest BCUT2D eigenvalue weighted by Gasteiger charge is -2.34. The highest BCUT2D eigenvalue weighted by Gasteiger charge is 2.33. The molecule has 0 saturated carbocycles. The number of hydrogen-bond donors (Lipinski definition) is 1. The Labute approximate surface area is 134 Å². The Kier molecular flexibility index (Phi) is 5.18. The molecule has 1 aromatic rings. The lowest BCUT2D eigenvalue weighted by molar-refractivity contribution is -0.0440. The molecule has 0 bridgehead atoms. The average Bonchev–Trinajstić information content (AvgIpc) is 2.37. The van der Waals surface area contributed by atoms with Crippen molar-refractivity contribution < 1.29 is 18.3 Å². The van der Waals surface area contributed by atoms with E-state index in [0.717, 1.165) is 0 Å². The molecule has 1 fully saturated rings. The maximum Gasteiger partial charge on any atom is 0.244 e. The Morgan fingerprint density at radius 2 is 1.81 bits per heavy atom. The van der Waals surface area contributed by atoms with E-state index in [0.29, 0.717) is 5.56 Å². The smallest absolute Gasteiger partial charge is 0.244 e. The zero-order valence-corrected chi connectivity index (χ0v) is 14.0. The van der Waals surface area contributed by atoms with E-state index in [-0.39, 0.29) is 46.8 Å². The highest BCUT2D eigenvalue weighted by atomic mass is 35.5. The van der Waals surface area contributed by atoms with Crippen LogP contribution in [0.15, 0.2) is 17.0 Å². The zero-order chi connectivity index (χ0) is 15.8. The molecule has 5 nitrogen and oxygen atoms in total. The molecule has 1 heterocycles. The first-order valence-corrected chi connectivity index (χ1v) is 8.69. The van der Waals surface area contributed by atoms with Gasteiger partial charge in [-0.25, -0.2) is 8.42 Å². The minimum atomic E-state index is -3.76. The summed E-state index contributed by atoms with van der Waals surface area (Å²) in [6.45, 7) is 3.82. The average molecular weight is 354 g/mol. The number of sulfonamides is 1. The third-order valence-electron chi connectivity index (χ3n) is 3.28. The first-order chi connectivity index (χ1) is 9.75. The number of hydrogen-bond acceptors (Lipinski definition) is 4. The predicted octanol–water partition coefficient (Wildman–Crippen LogP) is 2.28. The van der Waals surface area contributed by atoms with Crippen LogP contribution in [0.1, 0.15) is 19.4 Å². The van der Waals surface area contributed by atoms with Gasteiger partial charge in [-0.2, -0.15) is 4.31 Å². The summed E-state index contributed by atoms with van der Waals surface area (Å²) in [5, 5.41) is 9.52. The molecular formula is C13H17Cl2NO4S. The Morgan fingerprint density at radius 3 is 2.33 bits per heavy atom. The summed E-state index contributed by atoms with van der Waals surface area (Å²) < 4.78 is 32.4. The van der Waals surface area contributed by atoms with Gasteiger partial charge in [0, 0.05) is 18.1 Å². The van der Waals surface area contributed by atoms with Crippen molar-refractivity contribution in [3.63, 3.8) is 0 Å². The normalized spacial score (nSPS) is 24.2. The summed E-state index contributed by atoms with van der Waals surface area (Å²) in [4.78, 5) is -0.0427.